The van der Waals surface area contributed by atoms with Crippen molar-refractivity contribution in [2.75, 3.05) is 31.4 Å². The zero-order valence-corrected chi connectivity index (χ0v) is 11.5. The largest absolute Gasteiger partial charge is 0.493 e. The topological polar surface area (TPSA) is 42.5 Å². The van der Waals surface area contributed by atoms with E-state index in [9.17, 15) is 0 Å². The van der Waals surface area contributed by atoms with Crippen molar-refractivity contribution < 1.29 is 9.47 Å². The smallest absolute Gasteiger partial charge is 0.162 e. The van der Waals surface area contributed by atoms with Crippen molar-refractivity contribution in [3.05, 3.63) is 12.1 Å². The van der Waals surface area contributed by atoms with Crippen LogP contribution >= 0.6 is 0 Å². The van der Waals surface area contributed by atoms with Crippen LogP contribution in [0, 0.1) is 5.92 Å². The molecule has 1 aliphatic heterocycles. The molecule has 1 aromatic carbocycles. The van der Waals surface area contributed by atoms with E-state index in [1.807, 2.05) is 12.1 Å². The molecule has 1 atom stereocenters. The minimum absolute atomic E-state index is 0.483. The summed E-state index contributed by atoms with van der Waals surface area (Å²) in [7, 11) is 3.32. The second-order valence-electron chi connectivity index (χ2n) is 4.96. The standard InChI is InChI=1S/C14H22N2O2/c1-9(2)10-5-6-15-11-7-13(17-3)14(18-4)8-12(11)16-10/h7-10,15-16H,5-6H2,1-4H3. The van der Waals surface area contributed by atoms with Crippen LogP contribution < -0.4 is 20.1 Å². The SMILES string of the molecule is COc1cc2c(cc1OC)NC(C(C)C)CCN2. The van der Waals surface area contributed by atoms with E-state index in [2.05, 4.69) is 24.5 Å². The van der Waals surface area contributed by atoms with E-state index < -0.39 is 0 Å². The van der Waals surface area contributed by atoms with Gasteiger partial charge in [0.2, 0.25) is 0 Å². The molecule has 2 N–H and O–H groups in total. The van der Waals surface area contributed by atoms with Gasteiger partial charge in [0, 0.05) is 24.7 Å². The molecule has 0 radical (unpaired) electrons. The molecule has 2 rings (SSSR count). The van der Waals surface area contributed by atoms with Crippen LogP contribution in [0.3, 0.4) is 0 Å². The zero-order valence-electron chi connectivity index (χ0n) is 11.5. The maximum absolute atomic E-state index is 5.35. The van der Waals surface area contributed by atoms with Gasteiger partial charge >= 0.3 is 0 Å². The average Bonchev–Trinajstić information content (AvgIpc) is 2.58. The van der Waals surface area contributed by atoms with E-state index in [4.69, 9.17) is 9.47 Å². The molecule has 0 saturated carbocycles. The van der Waals surface area contributed by atoms with Crippen LogP contribution in [0.2, 0.25) is 0 Å². The fourth-order valence-electron chi connectivity index (χ4n) is 2.28. The van der Waals surface area contributed by atoms with E-state index in [0.717, 1.165) is 35.8 Å². The van der Waals surface area contributed by atoms with Gasteiger partial charge in [0.15, 0.2) is 11.5 Å². The van der Waals surface area contributed by atoms with Gasteiger partial charge < -0.3 is 20.1 Å². The molecule has 0 saturated heterocycles. The van der Waals surface area contributed by atoms with E-state index in [1.165, 1.54) is 0 Å². The van der Waals surface area contributed by atoms with Crippen LogP contribution in [0.5, 0.6) is 11.5 Å². The highest BCUT2D eigenvalue weighted by Gasteiger charge is 2.20. The van der Waals surface area contributed by atoms with Gasteiger partial charge in [0.05, 0.1) is 25.6 Å². The van der Waals surface area contributed by atoms with Gasteiger partial charge in [-0.05, 0) is 12.3 Å². The average molecular weight is 250 g/mol. The van der Waals surface area contributed by atoms with Gasteiger partial charge in [-0.3, -0.25) is 0 Å². The Hall–Kier alpha value is -1.58. The molecule has 1 aromatic rings. The minimum atomic E-state index is 0.483. The second-order valence-corrected chi connectivity index (χ2v) is 4.96. The first-order chi connectivity index (χ1) is 8.65. The van der Waals surface area contributed by atoms with Crippen molar-refractivity contribution in [3.63, 3.8) is 0 Å². The van der Waals surface area contributed by atoms with Crippen LogP contribution in [0.1, 0.15) is 20.3 Å². The van der Waals surface area contributed by atoms with Gasteiger partial charge in [0.1, 0.15) is 0 Å². The lowest BCUT2D eigenvalue weighted by Crippen LogP contribution is -2.25. The van der Waals surface area contributed by atoms with Crippen LogP contribution in [-0.2, 0) is 0 Å². The van der Waals surface area contributed by atoms with Crippen molar-refractivity contribution in [3.8, 4) is 11.5 Å². The molecular formula is C14H22N2O2. The number of benzene rings is 1. The first-order valence-corrected chi connectivity index (χ1v) is 6.42. The number of rotatable bonds is 3. The molecule has 0 aromatic heterocycles. The Labute approximate surface area is 109 Å². The quantitative estimate of drug-likeness (QED) is 0.865. The van der Waals surface area contributed by atoms with E-state index in [0.29, 0.717) is 12.0 Å². The molecule has 1 aliphatic rings. The minimum Gasteiger partial charge on any atom is -0.493 e. The molecule has 1 unspecified atom stereocenters. The summed E-state index contributed by atoms with van der Waals surface area (Å²) in [5.41, 5.74) is 2.17. The van der Waals surface area contributed by atoms with Gasteiger partial charge in [-0.25, -0.2) is 0 Å². The van der Waals surface area contributed by atoms with Crippen LogP contribution in [0.15, 0.2) is 12.1 Å². The summed E-state index contributed by atoms with van der Waals surface area (Å²) >= 11 is 0. The maximum atomic E-state index is 5.35. The maximum Gasteiger partial charge on any atom is 0.162 e. The summed E-state index contributed by atoms with van der Waals surface area (Å²) in [6, 6.07) is 4.48. The number of methoxy groups -OCH3 is 2. The Morgan fingerprint density at radius 3 is 2.28 bits per heavy atom. The van der Waals surface area contributed by atoms with Crippen molar-refractivity contribution in [1.29, 1.82) is 0 Å². The van der Waals surface area contributed by atoms with Crippen molar-refractivity contribution in [2.24, 2.45) is 5.92 Å². The molecular weight excluding hydrogens is 228 g/mol. The van der Waals surface area contributed by atoms with Crippen molar-refractivity contribution >= 4 is 11.4 Å². The number of anilines is 2. The predicted molar refractivity (Wildman–Crippen MR) is 74.9 cm³/mol. The molecule has 100 valence electrons. The fraction of sp³-hybridized carbons (Fsp3) is 0.571. The highest BCUT2D eigenvalue weighted by molar-refractivity contribution is 5.75. The van der Waals surface area contributed by atoms with E-state index >= 15 is 0 Å². The molecule has 0 amide bonds. The van der Waals surface area contributed by atoms with Gasteiger partial charge in [0.25, 0.3) is 0 Å². The van der Waals surface area contributed by atoms with Crippen LogP contribution in [-0.4, -0.2) is 26.8 Å². The Balaban J connectivity index is 2.35. The van der Waals surface area contributed by atoms with Crippen LogP contribution in [0.4, 0.5) is 11.4 Å². The lowest BCUT2D eigenvalue weighted by molar-refractivity contribution is 0.355. The molecule has 0 aliphatic carbocycles. The Morgan fingerprint density at radius 2 is 1.72 bits per heavy atom. The number of nitrogens with one attached hydrogen (secondary N) is 2. The third-order valence-corrected chi connectivity index (χ3v) is 3.44. The van der Waals surface area contributed by atoms with E-state index in [1.54, 1.807) is 14.2 Å². The summed E-state index contributed by atoms with van der Waals surface area (Å²) in [5, 5.41) is 7.02. The van der Waals surface area contributed by atoms with Crippen LogP contribution in [0.25, 0.3) is 0 Å². The number of hydrogen-bond acceptors (Lipinski definition) is 4. The van der Waals surface area contributed by atoms with Gasteiger partial charge in [-0.15, -0.1) is 0 Å². The summed E-state index contributed by atoms with van der Waals surface area (Å²) in [6.45, 7) is 5.45. The Bertz CT molecular complexity index is 419. The summed E-state index contributed by atoms with van der Waals surface area (Å²) in [5.74, 6) is 2.12. The lowest BCUT2D eigenvalue weighted by Gasteiger charge is -2.21. The highest BCUT2D eigenvalue weighted by Crippen LogP contribution is 2.38. The number of ether oxygens (including phenoxy) is 2. The van der Waals surface area contributed by atoms with Crippen molar-refractivity contribution in [2.45, 2.75) is 26.3 Å². The molecule has 1 heterocycles. The molecule has 0 bridgehead atoms. The summed E-state index contributed by atoms with van der Waals surface area (Å²) in [6.07, 6.45) is 1.11. The first-order valence-electron chi connectivity index (χ1n) is 6.42. The van der Waals surface area contributed by atoms with Gasteiger partial charge in [-0.2, -0.15) is 0 Å². The van der Waals surface area contributed by atoms with Gasteiger partial charge in [-0.1, -0.05) is 13.8 Å². The molecule has 4 heteroatoms. The second kappa shape index (κ2) is 5.38. The number of hydrogen-bond donors (Lipinski definition) is 2. The Morgan fingerprint density at radius 1 is 1.11 bits per heavy atom. The molecule has 4 nitrogen and oxygen atoms in total. The summed E-state index contributed by atoms with van der Waals surface area (Å²) in [4.78, 5) is 0. The monoisotopic (exact) mass is 250 g/mol. The number of fused-ring (bicyclic) bond motifs is 1. The predicted octanol–water partition coefficient (Wildman–Crippen LogP) is 2.96. The third kappa shape index (κ3) is 2.47. The van der Waals surface area contributed by atoms with Crippen molar-refractivity contribution in [1.82, 2.24) is 0 Å². The molecule has 0 fully saturated rings. The van der Waals surface area contributed by atoms with E-state index in [-0.39, 0.29) is 0 Å². The first kappa shape index (κ1) is 12.9. The third-order valence-electron chi connectivity index (χ3n) is 3.44. The lowest BCUT2D eigenvalue weighted by atomic mass is 10.0. The molecule has 18 heavy (non-hydrogen) atoms. The molecule has 0 spiro atoms. The normalized spacial score (nSPS) is 18.4. The summed E-state index contributed by atoms with van der Waals surface area (Å²) < 4.78 is 10.7. The highest BCUT2D eigenvalue weighted by atomic mass is 16.5. The Kier molecular flexibility index (Phi) is 3.84. The fourth-order valence-corrected chi connectivity index (χ4v) is 2.28. The zero-order chi connectivity index (χ0) is 13.1.